The number of hydrogen-bond acceptors (Lipinski definition) is 5. The van der Waals surface area contributed by atoms with Crippen molar-refractivity contribution in [1.29, 1.82) is 0 Å². The number of ketones is 1. The summed E-state index contributed by atoms with van der Waals surface area (Å²) in [6.45, 7) is 6.99. The fourth-order valence-electron chi connectivity index (χ4n) is 2.91. The van der Waals surface area contributed by atoms with Crippen LogP contribution in [0.25, 0.3) is 0 Å². The van der Waals surface area contributed by atoms with Crippen LogP contribution in [-0.2, 0) is 14.3 Å². The van der Waals surface area contributed by atoms with E-state index in [1.54, 1.807) is 27.7 Å². The van der Waals surface area contributed by atoms with Gasteiger partial charge in [0.15, 0.2) is 5.78 Å². The van der Waals surface area contributed by atoms with E-state index in [1.165, 1.54) is 12.1 Å². The lowest BCUT2D eigenvalue weighted by molar-refractivity contribution is -0.274. The molecule has 0 bridgehead atoms. The van der Waals surface area contributed by atoms with Crippen molar-refractivity contribution in [3.05, 3.63) is 24.3 Å². The highest BCUT2D eigenvalue weighted by Gasteiger charge is 2.39. The molecule has 0 amide bonds. The van der Waals surface area contributed by atoms with Gasteiger partial charge in [-0.3, -0.25) is 14.6 Å². The number of benzene rings is 1. The molecule has 0 radical (unpaired) electrons. The first-order valence-electron chi connectivity index (χ1n) is 8.52. The molecule has 2 rings (SSSR count). The Hall–Kier alpha value is -2.38. The lowest BCUT2D eigenvalue weighted by Crippen LogP contribution is -2.40. The van der Waals surface area contributed by atoms with Gasteiger partial charge in [0.05, 0.1) is 5.69 Å². The number of esters is 1. The maximum Gasteiger partial charge on any atom is 0.573 e. The van der Waals surface area contributed by atoms with Crippen LogP contribution in [0.5, 0.6) is 5.75 Å². The molecule has 1 fully saturated rings. The summed E-state index contributed by atoms with van der Waals surface area (Å²) in [6.07, 6.45) is -4.32. The molecule has 1 aliphatic rings. The standard InChI is InChI=1S/C19H22F3NO4/c1-11-9-13(10-15(24)16(11)17(25)27-18(2,3)4)23-12-5-7-14(8-6-12)26-19(20,21)22/h5-8,11,16H,9-10H2,1-4H3. The first kappa shape index (κ1) is 20.9. The number of carbonyl (C=O) groups is 2. The zero-order chi connectivity index (χ0) is 20.4. The summed E-state index contributed by atoms with van der Waals surface area (Å²) in [7, 11) is 0. The first-order valence-corrected chi connectivity index (χ1v) is 8.52. The Morgan fingerprint density at radius 1 is 1.15 bits per heavy atom. The summed E-state index contributed by atoms with van der Waals surface area (Å²) >= 11 is 0. The van der Waals surface area contributed by atoms with Gasteiger partial charge in [-0.2, -0.15) is 0 Å². The zero-order valence-corrected chi connectivity index (χ0v) is 15.6. The van der Waals surface area contributed by atoms with Crippen LogP contribution in [0.3, 0.4) is 0 Å². The minimum absolute atomic E-state index is 0.00898. The third kappa shape index (κ3) is 6.37. The van der Waals surface area contributed by atoms with E-state index in [-0.39, 0.29) is 23.9 Å². The van der Waals surface area contributed by atoms with Crippen molar-refractivity contribution in [2.24, 2.45) is 16.8 Å². The summed E-state index contributed by atoms with van der Waals surface area (Å²) in [6, 6.07) is 5.07. The molecule has 0 saturated heterocycles. The quantitative estimate of drug-likeness (QED) is 0.563. The number of aliphatic imine (C=N–C) groups is 1. The number of ether oxygens (including phenoxy) is 2. The van der Waals surface area contributed by atoms with Gasteiger partial charge in [-0.15, -0.1) is 13.2 Å². The summed E-state index contributed by atoms with van der Waals surface area (Å²) in [5, 5.41) is 0. The molecule has 27 heavy (non-hydrogen) atoms. The largest absolute Gasteiger partial charge is 0.573 e. The van der Waals surface area contributed by atoms with Crippen molar-refractivity contribution in [1.82, 2.24) is 0 Å². The molecule has 8 heteroatoms. The number of carbonyl (C=O) groups excluding carboxylic acids is 2. The maximum atomic E-state index is 12.4. The minimum atomic E-state index is -4.75. The van der Waals surface area contributed by atoms with Gasteiger partial charge in [0.2, 0.25) is 0 Å². The van der Waals surface area contributed by atoms with Crippen LogP contribution in [0.1, 0.15) is 40.5 Å². The van der Waals surface area contributed by atoms with Gasteiger partial charge in [0.1, 0.15) is 17.3 Å². The summed E-state index contributed by atoms with van der Waals surface area (Å²) in [4.78, 5) is 29.0. The van der Waals surface area contributed by atoms with Crippen molar-refractivity contribution in [2.45, 2.75) is 52.5 Å². The average molecular weight is 385 g/mol. The van der Waals surface area contributed by atoms with Gasteiger partial charge < -0.3 is 9.47 Å². The van der Waals surface area contributed by atoms with Crippen LogP contribution in [0.4, 0.5) is 18.9 Å². The van der Waals surface area contributed by atoms with E-state index in [0.717, 1.165) is 12.1 Å². The molecule has 0 spiro atoms. The molecule has 0 aromatic heterocycles. The number of rotatable bonds is 3. The second-order valence-electron chi connectivity index (χ2n) is 7.56. The van der Waals surface area contributed by atoms with Gasteiger partial charge in [-0.25, -0.2) is 0 Å². The van der Waals surface area contributed by atoms with Crippen molar-refractivity contribution < 1.29 is 32.2 Å². The molecule has 1 aliphatic carbocycles. The van der Waals surface area contributed by atoms with E-state index >= 15 is 0 Å². The molecule has 148 valence electrons. The minimum Gasteiger partial charge on any atom is -0.459 e. The second-order valence-corrected chi connectivity index (χ2v) is 7.56. The lowest BCUT2D eigenvalue weighted by Gasteiger charge is -2.30. The van der Waals surface area contributed by atoms with E-state index in [0.29, 0.717) is 17.8 Å². The molecule has 2 atom stereocenters. The average Bonchev–Trinajstić information content (AvgIpc) is 2.45. The predicted octanol–water partition coefficient (Wildman–Crippen LogP) is 4.61. The highest BCUT2D eigenvalue weighted by Crippen LogP contribution is 2.30. The molecule has 5 nitrogen and oxygen atoms in total. The fraction of sp³-hybridized carbons (Fsp3) is 0.526. The third-order valence-electron chi connectivity index (χ3n) is 3.87. The third-order valence-corrected chi connectivity index (χ3v) is 3.87. The molecule has 1 saturated carbocycles. The second kappa shape index (κ2) is 7.70. The Labute approximate surface area is 155 Å². The molecular weight excluding hydrogens is 363 g/mol. The van der Waals surface area contributed by atoms with Crippen LogP contribution >= 0.6 is 0 Å². The Morgan fingerprint density at radius 3 is 2.22 bits per heavy atom. The molecule has 0 heterocycles. The highest BCUT2D eigenvalue weighted by molar-refractivity contribution is 6.12. The summed E-state index contributed by atoms with van der Waals surface area (Å²) in [5.41, 5.74) is 0.318. The van der Waals surface area contributed by atoms with E-state index in [2.05, 4.69) is 9.73 Å². The van der Waals surface area contributed by atoms with Crippen LogP contribution in [0.2, 0.25) is 0 Å². The molecule has 0 N–H and O–H groups in total. The van der Waals surface area contributed by atoms with E-state index < -0.39 is 23.9 Å². The van der Waals surface area contributed by atoms with E-state index in [1.807, 2.05) is 0 Å². The van der Waals surface area contributed by atoms with Crippen molar-refractivity contribution in [3.63, 3.8) is 0 Å². The topological polar surface area (TPSA) is 65.0 Å². The van der Waals surface area contributed by atoms with Gasteiger partial charge in [-0.05, 0) is 57.4 Å². The monoisotopic (exact) mass is 385 g/mol. The Morgan fingerprint density at radius 2 is 1.74 bits per heavy atom. The van der Waals surface area contributed by atoms with Crippen LogP contribution in [-0.4, -0.2) is 29.4 Å². The molecular formula is C19H22F3NO4. The Balaban J connectivity index is 2.07. The molecule has 0 aliphatic heterocycles. The maximum absolute atomic E-state index is 12.4. The Kier molecular flexibility index (Phi) is 5.97. The van der Waals surface area contributed by atoms with E-state index in [9.17, 15) is 22.8 Å². The summed E-state index contributed by atoms with van der Waals surface area (Å²) < 4.78 is 45.7. The van der Waals surface area contributed by atoms with Gasteiger partial charge >= 0.3 is 12.3 Å². The highest BCUT2D eigenvalue weighted by atomic mass is 19.4. The van der Waals surface area contributed by atoms with E-state index in [4.69, 9.17) is 4.74 Å². The molecule has 1 aromatic carbocycles. The zero-order valence-electron chi connectivity index (χ0n) is 15.6. The van der Waals surface area contributed by atoms with Crippen LogP contribution in [0.15, 0.2) is 29.3 Å². The van der Waals surface area contributed by atoms with Crippen molar-refractivity contribution >= 4 is 23.2 Å². The fourth-order valence-corrected chi connectivity index (χ4v) is 2.91. The number of hydrogen-bond donors (Lipinski definition) is 0. The molecule has 2 unspecified atom stereocenters. The Bertz CT molecular complexity index is 733. The lowest BCUT2D eigenvalue weighted by atomic mass is 9.78. The van der Waals surface area contributed by atoms with Gasteiger partial charge in [0.25, 0.3) is 0 Å². The predicted molar refractivity (Wildman–Crippen MR) is 93.0 cm³/mol. The van der Waals surface area contributed by atoms with Gasteiger partial charge in [-0.1, -0.05) is 6.92 Å². The van der Waals surface area contributed by atoms with Crippen LogP contribution < -0.4 is 4.74 Å². The normalized spacial score (nSPS) is 22.6. The summed E-state index contributed by atoms with van der Waals surface area (Å²) in [5.74, 6) is -2.24. The number of halogens is 3. The van der Waals surface area contributed by atoms with Gasteiger partial charge in [0, 0.05) is 12.1 Å². The smallest absolute Gasteiger partial charge is 0.459 e. The van der Waals surface area contributed by atoms with Crippen molar-refractivity contribution in [3.8, 4) is 5.75 Å². The van der Waals surface area contributed by atoms with Crippen LogP contribution in [0, 0.1) is 11.8 Å². The first-order chi connectivity index (χ1) is 12.3. The number of Topliss-reactive ketones (excluding diaryl/α,β-unsaturated/α-hetero) is 1. The number of nitrogens with zero attached hydrogens (tertiary/aromatic N) is 1. The molecule has 1 aromatic rings. The van der Waals surface area contributed by atoms with Crippen molar-refractivity contribution in [2.75, 3.05) is 0 Å². The SMILES string of the molecule is CC1CC(=Nc2ccc(OC(F)(F)F)cc2)CC(=O)C1C(=O)OC(C)(C)C. The number of alkyl halides is 3.